The van der Waals surface area contributed by atoms with E-state index in [0.29, 0.717) is 27.8 Å². The van der Waals surface area contributed by atoms with Crippen LogP contribution in [0.2, 0.25) is 0 Å². The van der Waals surface area contributed by atoms with E-state index in [9.17, 15) is 4.79 Å². The molecule has 0 amide bonds. The van der Waals surface area contributed by atoms with Crippen LogP contribution in [-0.4, -0.2) is 20.7 Å². The Morgan fingerprint density at radius 1 is 1.00 bits per heavy atom. The maximum atomic E-state index is 13.1. The molecule has 0 radical (unpaired) electrons. The number of nitrogens with one attached hydrogen (secondary N) is 3. The SMILES string of the molecule is Cc1ccc(Nc2[nH]c(C(=O)c3ccccc3)c(N)c2C(=S)Nc2ccccc2)nc1. The van der Waals surface area contributed by atoms with Crippen LogP contribution in [0.3, 0.4) is 0 Å². The molecule has 0 aliphatic carbocycles. The summed E-state index contributed by atoms with van der Waals surface area (Å²) < 4.78 is 0. The van der Waals surface area contributed by atoms with Gasteiger partial charge >= 0.3 is 0 Å². The van der Waals surface area contributed by atoms with Gasteiger partial charge in [-0.3, -0.25) is 4.79 Å². The Labute approximate surface area is 185 Å². The van der Waals surface area contributed by atoms with Gasteiger partial charge in [-0.15, -0.1) is 0 Å². The van der Waals surface area contributed by atoms with E-state index in [1.54, 1.807) is 18.3 Å². The number of aromatic nitrogens is 2. The van der Waals surface area contributed by atoms with Crippen LogP contribution in [0.15, 0.2) is 79.0 Å². The molecule has 0 unspecified atom stereocenters. The molecular weight excluding hydrogens is 406 g/mol. The van der Waals surface area contributed by atoms with Gasteiger partial charge in [0.25, 0.3) is 0 Å². The average molecular weight is 428 g/mol. The molecule has 0 atom stereocenters. The number of carbonyl (C=O) groups excluding carboxylic acids is 1. The Hall–Kier alpha value is -3.97. The number of thiocarbonyl (C=S) groups is 1. The third-order valence-corrected chi connectivity index (χ3v) is 5.03. The van der Waals surface area contributed by atoms with Gasteiger partial charge in [0.05, 0.1) is 11.3 Å². The molecule has 5 N–H and O–H groups in total. The summed E-state index contributed by atoms with van der Waals surface area (Å²) in [4.78, 5) is 21.0. The predicted octanol–water partition coefficient (Wildman–Crippen LogP) is 5.06. The van der Waals surface area contributed by atoms with E-state index in [1.807, 2.05) is 67.6 Å². The molecule has 4 rings (SSSR count). The number of benzene rings is 2. The zero-order chi connectivity index (χ0) is 21.8. The van der Waals surface area contributed by atoms with Crippen LogP contribution in [0.4, 0.5) is 23.0 Å². The van der Waals surface area contributed by atoms with Crippen molar-refractivity contribution in [2.75, 3.05) is 16.4 Å². The van der Waals surface area contributed by atoms with Gasteiger partial charge in [-0.25, -0.2) is 4.98 Å². The number of para-hydroxylation sites is 1. The number of nitrogen functional groups attached to an aromatic ring is 1. The third-order valence-electron chi connectivity index (χ3n) is 4.72. The van der Waals surface area contributed by atoms with Crippen LogP contribution in [-0.2, 0) is 0 Å². The number of hydrogen-bond donors (Lipinski definition) is 4. The molecule has 7 heteroatoms. The molecule has 0 aliphatic heterocycles. The average Bonchev–Trinajstić information content (AvgIpc) is 3.12. The monoisotopic (exact) mass is 427 g/mol. The lowest BCUT2D eigenvalue weighted by Gasteiger charge is -2.11. The van der Waals surface area contributed by atoms with Gasteiger partial charge in [0.2, 0.25) is 5.78 Å². The Morgan fingerprint density at radius 2 is 1.68 bits per heavy atom. The van der Waals surface area contributed by atoms with Crippen molar-refractivity contribution in [1.82, 2.24) is 9.97 Å². The number of pyridine rings is 1. The lowest BCUT2D eigenvalue weighted by molar-refractivity contribution is 0.103. The van der Waals surface area contributed by atoms with E-state index in [4.69, 9.17) is 18.0 Å². The lowest BCUT2D eigenvalue weighted by Crippen LogP contribution is -2.14. The minimum atomic E-state index is -0.216. The van der Waals surface area contributed by atoms with Gasteiger partial charge in [-0.05, 0) is 30.7 Å². The number of aryl methyl sites for hydroxylation is 1. The summed E-state index contributed by atoms with van der Waals surface area (Å²) in [6, 6.07) is 22.3. The molecular formula is C24H21N5OS. The van der Waals surface area contributed by atoms with E-state index in [1.165, 1.54) is 0 Å². The second kappa shape index (κ2) is 8.81. The highest BCUT2D eigenvalue weighted by atomic mass is 32.1. The van der Waals surface area contributed by atoms with Crippen LogP contribution in [0, 0.1) is 6.92 Å². The van der Waals surface area contributed by atoms with Crippen LogP contribution in [0.5, 0.6) is 0 Å². The molecule has 2 aromatic carbocycles. The van der Waals surface area contributed by atoms with E-state index < -0.39 is 0 Å². The number of H-pyrrole nitrogens is 1. The largest absolute Gasteiger partial charge is 0.396 e. The molecule has 0 saturated carbocycles. The molecule has 2 aromatic heterocycles. The zero-order valence-corrected chi connectivity index (χ0v) is 17.7. The second-order valence-corrected chi connectivity index (χ2v) is 7.43. The topological polar surface area (TPSA) is 95.8 Å². The summed E-state index contributed by atoms with van der Waals surface area (Å²) in [5.41, 5.74) is 9.89. The summed E-state index contributed by atoms with van der Waals surface area (Å²) in [5, 5.41) is 6.39. The van der Waals surface area contributed by atoms with Gasteiger partial charge in [0, 0.05) is 17.4 Å². The van der Waals surface area contributed by atoms with Crippen molar-refractivity contribution < 1.29 is 4.79 Å². The van der Waals surface area contributed by atoms with Crippen molar-refractivity contribution in [1.29, 1.82) is 0 Å². The molecule has 0 bridgehead atoms. The quantitative estimate of drug-likeness (QED) is 0.254. The Balaban J connectivity index is 1.74. The third kappa shape index (κ3) is 4.46. The Morgan fingerprint density at radius 3 is 2.32 bits per heavy atom. The number of anilines is 4. The Kier molecular flexibility index (Phi) is 5.77. The van der Waals surface area contributed by atoms with E-state index in [-0.39, 0.29) is 17.2 Å². The summed E-state index contributed by atoms with van der Waals surface area (Å²) in [6.07, 6.45) is 1.75. The first-order chi connectivity index (χ1) is 15.0. The molecule has 4 aromatic rings. The first-order valence-corrected chi connectivity index (χ1v) is 10.1. The lowest BCUT2D eigenvalue weighted by atomic mass is 10.1. The second-order valence-electron chi connectivity index (χ2n) is 7.02. The summed E-state index contributed by atoms with van der Waals surface area (Å²) in [5.74, 6) is 0.891. The maximum absolute atomic E-state index is 13.1. The van der Waals surface area contributed by atoms with Crippen LogP contribution in [0.25, 0.3) is 0 Å². The van der Waals surface area contributed by atoms with E-state index in [0.717, 1.165) is 11.3 Å². The number of rotatable bonds is 6. The van der Waals surface area contributed by atoms with Crippen molar-refractivity contribution in [3.05, 3.63) is 101 Å². The predicted molar refractivity (Wildman–Crippen MR) is 129 cm³/mol. The molecule has 31 heavy (non-hydrogen) atoms. The molecule has 6 nitrogen and oxygen atoms in total. The molecule has 2 heterocycles. The first-order valence-electron chi connectivity index (χ1n) is 9.70. The highest BCUT2D eigenvalue weighted by molar-refractivity contribution is 7.81. The van der Waals surface area contributed by atoms with Crippen LogP contribution in [0.1, 0.15) is 27.2 Å². The van der Waals surface area contributed by atoms with Crippen LogP contribution >= 0.6 is 12.2 Å². The van der Waals surface area contributed by atoms with Gasteiger partial charge in [0.15, 0.2) is 0 Å². The molecule has 0 aliphatic rings. The number of hydrogen-bond acceptors (Lipinski definition) is 5. The smallest absolute Gasteiger partial charge is 0.211 e. The van der Waals surface area contributed by atoms with Gasteiger partial charge in [-0.1, -0.05) is 66.8 Å². The summed E-state index contributed by atoms with van der Waals surface area (Å²) in [7, 11) is 0. The number of ketones is 1. The van der Waals surface area contributed by atoms with E-state index in [2.05, 4.69) is 20.6 Å². The number of carbonyl (C=O) groups is 1. The highest BCUT2D eigenvalue weighted by Gasteiger charge is 2.24. The van der Waals surface area contributed by atoms with Gasteiger partial charge < -0.3 is 21.4 Å². The van der Waals surface area contributed by atoms with Crippen molar-refractivity contribution in [2.45, 2.75) is 6.92 Å². The first kappa shape index (κ1) is 20.3. The summed E-state index contributed by atoms with van der Waals surface area (Å²) in [6.45, 7) is 1.96. The normalized spacial score (nSPS) is 10.5. The van der Waals surface area contributed by atoms with Crippen molar-refractivity contribution in [3.63, 3.8) is 0 Å². The van der Waals surface area contributed by atoms with Gasteiger partial charge in [-0.2, -0.15) is 0 Å². The summed E-state index contributed by atoms with van der Waals surface area (Å²) >= 11 is 5.65. The maximum Gasteiger partial charge on any atom is 0.211 e. The number of aromatic amines is 1. The fourth-order valence-corrected chi connectivity index (χ4v) is 3.47. The molecule has 0 fully saturated rings. The van der Waals surface area contributed by atoms with Crippen molar-refractivity contribution in [3.8, 4) is 0 Å². The molecule has 0 spiro atoms. The highest BCUT2D eigenvalue weighted by Crippen LogP contribution is 2.31. The minimum Gasteiger partial charge on any atom is -0.396 e. The van der Waals surface area contributed by atoms with Crippen molar-refractivity contribution >= 4 is 46.0 Å². The molecule has 154 valence electrons. The fourth-order valence-electron chi connectivity index (χ4n) is 3.14. The number of nitrogens with zero attached hydrogens (tertiary/aromatic N) is 1. The van der Waals surface area contributed by atoms with Crippen molar-refractivity contribution in [2.24, 2.45) is 0 Å². The fraction of sp³-hybridized carbons (Fsp3) is 0.0417. The molecule has 0 saturated heterocycles. The number of nitrogens with two attached hydrogens (primary N) is 1. The zero-order valence-electron chi connectivity index (χ0n) is 16.8. The van der Waals surface area contributed by atoms with Crippen LogP contribution < -0.4 is 16.4 Å². The Bertz CT molecular complexity index is 1220. The minimum absolute atomic E-state index is 0.216. The standard InChI is InChI=1S/C24H21N5OS/c1-15-12-13-18(26-14-15)28-23-19(24(31)27-17-10-6-3-7-11-17)20(25)21(29-23)22(30)16-8-4-2-5-9-16/h2-14,29H,25H2,1H3,(H,26,28)(H,27,31). The van der Waals surface area contributed by atoms with Gasteiger partial charge in [0.1, 0.15) is 22.3 Å². The van der Waals surface area contributed by atoms with E-state index >= 15 is 0 Å².